The van der Waals surface area contributed by atoms with Gasteiger partial charge in [-0.05, 0) is 94.3 Å². The van der Waals surface area contributed by atoms with Gasteiger partial charge in [-0.1, -0.05) is 41.4 Å². The lowest BCUT2D eigenvalue weighted by atomic mass is 10.1. The second-order valence-corrected chi connectivity index (χ2v) is 10.7. The third-order valence-electron chi connectivity index (χ3n) is 5.25. The van der Waals surface area contributed by atoms with E-state index >= 15 is 0 Å². The molecule has 1 aliphatic heterocycles. The topological polar surface area (TPSA) is 84.9 Å². The Kier molecular flexibility index (Phi) is 9.38. The first-order valence-corrected chi connectivity index (χ1v) is 13.7. The molecule has 7 nitrogen and oxygen atoms in total. The summed E-state index contributed by atoms with van der Waals surface area (Å²) in [6.07, 6.45) is 1.59. The predicted octanol–water partition coefficient (Wildman–Crippen LogP) is 7.41. The number of benzene rings is 3. The van der Waals surface area contributed by atoms with Gasteiger partial charge in [0.1, 0.15) is 13.2 Å². The third kappa shape index (κ3) is 7.11. The van der Waals surface area contributed by atoms with Crippen molar-refractivity contribution in [3.05, 3.63) is 91.2 Å². The number of hydrogen-bond donors (Lipinski definition) is 1. The minimum Gasteiger partial charge on any atom is -0.490 e. The van der Waals surface area contributed by atoms with Crippen LogP contribution in [0.25, 0.3) is 6.08 Å². The Hall–Kier alpha value is -2.98. The first kappa shape index (κ1) is 28.0. The summed E-state index contributed by atoms with van der Waals surface area (Å²) in [6, 6.07) is 17.5. The van der Waals surface area contributed by atoms with Crippen LogP contribution < -0.4 is 14.8 Å². The summed E-state index contributed by atoms with van der Waals surface area (Å²) in [5, 5.41) is 3.18. The van der Waals surface area contributed by atoms with Crippen molar-refractivity contribution in [1.29, 1.82) is 0 Å². The van der Waals surface area contributed by atoms with E-state index in [4.69, 9.17) is 32.7 Å². The zero-order valence-electron chi connectivity index (χ0n) is 20.0. The molecule has 0 unspecified atom stereocenters. The maximum atomic E-state index is 12.9. The highest BCUT2D eigenvalue weighted by atomic mass is 79.9. The quantitative estimate of drug-likeness (QED) is 0.247. The molecule has 196 valence electrons. The van der Waals surface area contributed by atoms with Crippen LogP contribution in [0.4, 0.5) is 10.5 Å². The molecule has 0 bridgehead atoms. The van der Waals surface area contributed by atoms with Crippen molar-refractivity contribution in [1.82, 2.24) is 4.90 Å². The molecule has 0 aliphatic carbocycles. The van der Waals surface area contributed by atoms with Gasteiger partial charge in [0.2, 0.25) is 5.91 Å². The smallest absolute Gasteiger partial charge is 0.294 e. The number of halogens is 3. The van der Waals surface area contributed by atoms with Crippen molar-refractivity contribution in [3.63, 3.8) is 0 Å². The molecule has 3 amide bonds. The fraction of sp³-hybridized carbons (Fsp3) is 0.148. The van der Waals surface area contributed by atoms with Crippen LogP contribution in [0.1, 0.15) is 18.1 Å². The molecule has 0 spiro atoms. The molecular weight excluding hydrogens is 615 g/mol. The average molecular weight is 636 g/mol. The van der Waals surface area contributed by atoms with Crippen LogP contribution in [-0.2, 0) is 16.2 Å². The summed E-state index contributed by atoms with van der Waals surface area (Å²) in [4.78, 5) is 39.0. The Morgan fingerprint density at radius 2 is 1.79 bits per heavy atom. The molecule has 1 N–H and O–H groups in total. The zero-order chi connectivity index (χ0) is 27.2. The fourth-order valence-electron chi connectivity index (χ4n) is 3.45. The van der Waals surface area contributed by atoms with E-state index in [-0.39, 0.29) is 4.91 Å². The van der Waals surface area contributed by atoms with Crippen molar-refractivity contribution >= 4 is 79.7 Å². The molecule has 0 radical (unpaired) electrons. The van der Waals surface area contributed by atoms with Gasteiger partial charge in [-0.25, -0.2) is 0 Å². The van der Waals surface area contributed by atoms with Crippen LogP contribution in [0.5, 0.6) is 11.5 Å². The maximum Gasteiger partial charge on any atom is 0.294 e. The molecule has 38 heavy (non-hydrogen) atoms. The number of rotatable bonds is 9. The lowest BCUT2D eigenvalue weighted by molar-refractivity contribution is -0.127. The summed E-state index contributed by atoms with van der Waals surface area (Å²) in [5.74, 6) is -0.0310. The number of carbonyl (C=O) groups excluding carboxylic acids is 3. The van der Waals surface area contributed by atoms with E-state index in [1.54, 1.807) is 54.6 Å². The van der Waals surface area contributed by atoms with Crippen molar-refractivity contribution in [3.8, 4) is 11.5 Å². The summed E-state index contributed by atoms with van der Waals surface area (Å²) in [5.41, 5.74) is 2.04. The minimum atomic E-state index is -0.551. The van der Waals surface area contributed by atoms with Crippen LogP contribution in [0.15, 0.2) is 70.0 Å². The summed E-state index contributed by atoms with van der Waals surface area (Å²) < 4.78 is 12.3. The lowest BCUT2D eigenvalue weighted by Crippen LogP contribution is -2.36. The first-order chi connectivity index (χ1) is 18.2. The van der Waals surface area contributed by atoms with Crippen molar-refractivity contribution in [2.45, 2.75) is 13.5 Å². The Balaban J connectivity index is 1.44. The SMILES string of the molecule is CCOc1cc(/C=C2/SC(=O)N(CC(=O)Nc3ccc(Br)c(Cl)c3)C2=O)ccc1OCc1ccc(Cl)cc1. The number of hydrogen-bond acceptors (Lipinski definition) is 6. The Bertz CT molecular complexity index is 1420. The van der Waals surface area contributed by atoms with Gasteiger partial charge in [0.15, 0.2) is 11.5 Å². The molecule has 1 heterocycles. The average Bonchev–Trinajstić information content (AvgIpc) is 3.14. The number of carbonyl (C=O) groups is 3. The van der Waals surface area contributed by atoms with Gasteiger partial charge >= 0.3 is 0 Å². The van der Waals surface area contributed by atoms with E-state index in [0.717, 1.165) is 22.2 Å². The number of anilines is 1. The summed E-state index contributed by atoms with van der Waals surface area (Å²) in [7, 11) is 0. The molecule has 0 aromatic heterocycles. The highest BCUT2D eigenvalue weighted by Crippen LogP contribution is 2.35. The monoisotopic (exact) mass is 634 g/mol. The Morgan fingerprint density at radius 1 is 1.03 bits per heavy atom. The number of nitrogens with one attached hydrogen (secondary N) is 1. The number of ether oxygens (including phenoxy) is 2. The number of nitrogens with zero attached hydrogens (tertiary/aromatic N) is 1. The first-order valence-electron chi connectivity index (χ1n) is 11.4. The van der Waals surface area contributed by atoms with Gasteiger partial charge in [0.25, 0.3) is 11.1 Å². The van der Waals surface area contributed by atoms with E-state index in [1.807, 2.05) is 19.1 Å². The van der Waals surface area contributed by atoms with Gasteiger partial charge in [-0.15, -0.1) is 0 Å². The van der Waals surface area contributed by atoms with Gasteiger partial charge in [0.05, 0.1) is 16.5 Å². The molecule has 1 fully saturated rings. The van der Waals surface area contributed by atoms with Crippen LogP contribution in [-0.4, -0.2) is 35.1 Å². The molecule has 0 saturated carbocycles. The van der Waals surface area contributed by atoms with Crippen molar-refractivity contribution < 1.29 is 23.9 Å². The fourth-order valence-corrected chi connectivity index (χ4v) is 4.84. The molecule has 3 aromatic carbocycles. The highest BCUT2D eigenvalue weighted by molar-refractivity contribution is 9.10. The number of imide groups is 1. The normalized spacial score (nSPS) is 14.2. The van der Waals surface area contributed by atoms with E-state index in [0.29, 0.717) is 50.5 Å². The molecular formula is C27H21BrCl2N2O5S. The second kappa shape index (κ2) is 12.7. The largest absolute Gasteiger partial charge is 0.490 e. The molecule has 11 heteroatoms. The van der Waals surface area contributed by atoms with Gasteiger partial charge in [0, 0.05) is 15.2 Å². The third-order valence-corrected chi connectivity index (χ3v) is 7.64. The zero-order valence-corrected chi connectivity index (χ0v) is 23.9. The van der Waals surface area contributed by atoms with Crippen LogP contribution in [0, 0.1) is 0 Å². The van der Waals surface area contributed by atoms with Gasteiger partial charge in [-0.3, -0.25) is 19.3 Å². The Morgan fingerprint density at radius 3 is 2.50 bits per heavy atom. The van der Waals surface area contributed by atoms with Gasteiger partial charge < -0.3 is 14.8 Å². The number of thioether (sulfide) groups is 1. The van der Waals surface area contributed by atoms with Crippen molar-refractivity contribution in [2.75, 3.05) is 18.5 Å². The lowest BCUT2D eigenvalue weighted by Gasteiger charge is -2.13. The second-order valence-electron chi connectivity index (χ2n) is 8.00. The van der Waals surface area contributed by atoms with Crippen molar-refractivity contribution in [2.24, 2.45) is 0 Å². The number of amides is 3. The van der Waals surface area contributed by atoms with Crippen LogP contribution >= 0.6 is 50.9 Å². The molecule has 0 atom stereocenters. The molecule has 4 rings (SSSR count). The van der Waals surface area contributed by atoms with Crippen LogP contribution in [0.2, 0.25) is 10.0 Å². The summed E-state index contributed by atoms with van der Waals surface area (Å²) >= 11 is 16.0. The predicted molar refractivity (Wildman–Crippen MR) is 154 cm³/mol. The highest BCUT2D eigenvalue weighted by Gasteiger charge is 2.36. The Labute approximate surface area is 242 Å². The molecule has 1 aliphatic rings. The summed E-state index contributed by atoms with van der Waals surface area (Å²) in [6.45, 7) is 2.17. The standard InChI is InChI=1S/C27H21BrCl2N2O5S/c1-2-36-23-11-17(5-10-22(23)37-15-16-3-6-18(29)7-4-16)12-24-26(34)32(27(35)38-24)14-25(33)31-19-8-9-20(28)21(30)13-19/h3-13H,2,14-15H2,1H3,(H,31,33)/b24-12+. The minimum absolute atomic E-state index is 0.201. The van der Waals surface area contributed by atoms with Gasteiger partial charge in [-0.2, -0.15) is 0 Å². The van der Waals surface area contributed by atoms with Crippen LogP contribution in [0.3, 0.4) is 0 Å². The molecule has 1 saturated heterocycles. The maximum absolute atomic E-state index is 12.9. The van der Waals surface area contributed by atoms with E-state index in [9.17, 15) is 14.4 Å². The van der Waals surface area contributed by atoms with E-state index in [1.165, 1.54) is 0 Å². The van der Waals surface area contributed by atoms with E-state index in [2.05, 4.69) is 21.2 Å². The molecule has 3 aromatic rings. The van der Waals surface area contributed by atoms with E-state index < -0.39 is 23.6 Å².